The molecule has 3 N–H and O–H groups in total. The minimum Gasteiger partial charge on any atom is -0.382 e. The molecule has 0 aromatic carbocycles. The van der Waals surface area contributed by atoms with Crippen LogP contribution in [0.5, 0.6) is 0 Å². The first-order valence-corrected chi connectivity index (χ1v) is 8.75. The number of sulfone groups is 1. The van der Waals surface area contributed by atoms with Crippen molar-refractivity contribution in [2.45, 2.75) is 31.6 Å². The Morgan fingerprint density at radius 1 is 1.42 bits per heavy atom. The van der Waals surface area contributed by atoms with Gasteiger partial charge in [-0.2, -0.15) is 4.37 Å². The molecule has 0 spiro atoms. The Kier molecular flexibility index (Phi) is 6.53. The highest BCUT2D eigenvalue weighted by atomic mass is 32.2. The van der Waals surface area contributed by atoms with Gasteiger partial charge in [0.2, 0.25) is 0 Å². The number of nitrogens with two attached hydrogens (primary N) is 1. The lowest BCUT2D eigenvalue weighted by Gasteiger charge is -2.07. The van der Waals surface area contributed by atoms with Crippen LogP contribution in [0.3, 0.4) is 0 Å². The Labute approximate surface area is 118 Å². The van der Waals surface area contributed by atoms with E-state index in [9.17, 15) is 8.42 Å². The highest BCUT2D eigenvalue weighted by Crippen LogP contribution is 2.32. The van der Waals surface area contributed by atoms with Gasteiger partial charge >= 0.3 is 0 Å². The zero-order valence-electron chi connectivity index (χ0n) is 11.3. The van der Waals surface area contributed by atoms with Crippen molar-refractivity contribution in [3.8, 4) is 0 Å². The van der Waals surface area contributed by atoms with Gasteiger partial charge in [-0.1, -0.05) is 6.92 Å². The third-order valence-electron chi connectivity index (χ3n) is 2.41. The molecule has 0 amide bonds. The first kappa shape index (κ1) is 16.2. The van der Waals surface area contributed by atoms with E-state index in [4.69, 9.17) is 10.5 Å². The first-order chi connectivity index (χ1) is 9.03. The van der Waals surface area contributed by atoms with Gasteiger partial charge in [-0.3, -0.25) is 0 Å². The average Bonchev–Trinajstić information content (AvgIpc) is 2.71. The summed E-state index contributed by atoms with van der Waals surface area (Å²) in [5.41, 5.74) is 5.67. The van der Waals surface area contributed by atoms with Crippen molar-refractivity contribution in [2.24, 2.45) is 0 Å². The summed E-state index contributed by atoms with van der Waals surface area (Å²) in [6.07, 6.45) is 1.36. The van der Waals surface area contributed by atoms with Crippen LogP contribution < -0.4 is 11.1 Å². The van der Waals surface area contributed by atoms with Crippen molar-refractivity contribution < 1.29 is 13.2 Å². The largest absolute Gasteiger partial charge is 0.382 e. The molecule has 1 heterocycles. The summed E-state index contributed by atoms with van der Waals surface area (Å²) in [6, 6.07) is 0. The topological polar surface area (TPSA) is 94.3 Å². The van der Waals surface area contributed by atoms with E-state index >= 15 is 0 Å². The highest BCUT2D eigenvalue weighted by Gasteiger charge is 2.24. The fourth-order valence-corrected chi connectivity index (χ4v) is 4.24. The van der Waals surface area contributed by atoms with Gasteiger partial charge in [0.1, 0.15) is 9.90 Å². The summed E-state index contributed by atoms with van der Waals surface area (Å²) in [5, 5.41) is 3.60. The Balaban J connectivity index is 2.70. The fraction of sp³-hybridized carbons (Fsp3) is 0.727. The number of nitrogens with zero attached hydrogens (tertiary/aromatic N) is 1. The van der Waals surface area contributed by atoms with Crippen molar-refractivity contribution in [2.75, 3.05) is 36.6 Å². The highest BCUT2D eigenvalue weighted by molar-refractivity contribution is 7.91. The van der Waals surface area contributed by atoms with Gasteiger partial charge in [0.15, 0.2) is 15.7 Å². The summed E-state index contributed by atoms with van der Waals surface area (Å²) < 4.78 is 33.3. The second-order valence-corrected chi connectivity index (χ2v) is 6.84. The number of nitrogens with one attached hydrogen (secondary N) is 1. The van der Waals surface area contributed by atoms with Crippen LogP contribution in [0.4, 0.5) is 10.8 Å². The number of hydrogen-bond acceptors (Lipinski definition) is 7. The van der Waals surface area contributed by atoms with Gasteiger partial charge in [0.05, 0.1) is 5.75 Å². The van der Waals surface area contributed by atoms with Gasteiger partial charge < -0.3 is 15.8 Å². The standard InChI is InChI=1S/C11H21N3O3S2/c1-3-8-19(15,16)9-10(12)14-18-11(9)13-6-5-7-17-4-2/h13H,3-8H2,1-2H3,(H2,12,14). The molecule has 0 atom stereocenters. The van der Waals surface area contributed by atoms with E-state index in [0.29, 0.717) is 31.2 Å². The molecule has 0 bridgehead atoms. The fourth-order valence-electron chi connectivity index (χ4n) is 1.60. The number of hydrogen-bond donors (Lipinski definition) is 2. The van der Waals surface area contributed by atoms with Crippen LogP contribution in [0.25, 0.3) is 0 Å². The van der Waals surface area contributed by atoms with Gasteiger partial charge in [-0.15, -0.1) is 0 Å². The van der Waals surface area contributed by atoms with Crippen LogP contribution in [0.2, 0.25) is 0 Å². The van der Waals surface area contributed by atoms with Gasteiger partial charge in [-0.25, -0.2) is 8.42 Å². The van der Waals surface area contributed by atoms with E-state index in [1.54, 1.807) is 0 Å². The van der Waals surface area contributed by atoms with Crippen LogP contribution in [0, 0.1) is 0 Å². The molecule has 19 heavy (non-hydrogen) atoms. The molecule has 0 fully saturated rings. The van der Waals surface area contributed by atoms with Crippen molar-refractivity contribution in [3.63, 3.8) is 0 Å². The lowest BCUT2D eigenvalue weighted by molar-refractivity contribution is 0.147. The zero-order valence-corrected chi connectivity index (χ0v) is 12.9. The van der Waals surface area contributed by atoms with Crippen molar-refractivity contribution >= 4 is 32.2 Å². The Bertz CT molecular complexity index is 485. The molecule has 0 aliphatic heterocycles. The molecule has 1 rings (SSSR count). The van der Waals surface area contributed by atoms with Crippen molar-refractivity contribution in [1.29, 1.82) is 0 Å². The molecule has 0 radical (unpaired) electrons. The van der Waals surface area contributed by atoms with E-state index in [2.05, 4.69) is 9.69 Å². The molecule has 8 heteroatoms. The van der Waals surface area contributed by atoms with E-state index < -0.39 is 9.84 Å². The molecule has 0 saturated carbocycles. The molecule has 0 saturated heterocycles. The monoisotopic (exact) mass is 307 g/mol. The van der Waals surface area contributed by atoms with Gasteiger partial charge in [0.25, 0.3) is 0 Å². The van der Waals surface area contributed by atoms with Crippen molar-refractivity contribution in [1.82, 2.24) is 4.37 Å². The minimum absolute atomic E-state index is 0.0865. The second-order valence-electron chi connectivity index (χ2n) is 4.02. The third kappa shape index (κ3) is 4.63. The maximum Gasteiger partial charge on any atom is 0.185 e. The van der Waals surface area contributed by atoms with Crippen LogP contribution >= 0.6 is 11.5 Å². The normalized spacial score (nSPS) is 11.7. The molecule has 0 unspecified atom stereocenters. The summed E-state index contributed by atoms with van der Waals surface area (Å²) in [4.78, 5) is 0.149. The van der Waals surface area contributed by atoms with Crippen molar-refractivity contribution in [3.05, 3.63) is 0 Å². The van der Waals surface area contributed by atoms with E-state index in [0.717, 1.165) is 18.0 Å². The molecule has 6 nitrogen and oxygen atoms in total. The van der Waals surface area contributed by atoms with E-state index in [1.807, 2.05) is 13.8 Å². The minimum atomic E-state index is -3.35. The Morgan fingerprint density at radius 3 is 2.79 bits per heavy atom. The SMILES string of the molecule is CCCS(=O)(=O)c1c(N)nsc1NCCCOCC. The smallest absolute Gasteiger partial charge is 0.185 e. The first-order valence-electron chi connectivity index (χ1n) is 6.32. The van der Waals surface area contributed by atoms with Gasteiger partial charge in [-0.05, 0) is 31.3 Å². The molecule has 0 aliphatic rings. The molecular formula is C11H21N3O3S2. The number of anilines is 2. The number of nitrogen functional groups attached to an aromatic ring is 1. The summed E-state index contributed by atoms with van der Waals surface area (Å²) in [6.45, 7) is 5.73. The lowest BCUT2D eigenvalue weighted by Crippen LogP contribution is -2.12. The molecule has 110 valence electrons. The molecular weight excluding hydrogens is 286 g/mol. The maximum atomic E-state index is 12.1. The van der Waals surface area contributed by atoms with Crippen LogP contribution in [0.15, 0.2) is 4.90 Å². The van der Waals surface area contributed by atoms with Crippen LogP contribution in [0.1, 0.15) is 26.7 Å². The summed E-state index contributed by atoms with van der Waals surface area (Å²) in [7, 11) is -3.35. The Morgan fingerprint density at radius 2 is 2.16 bits per heavy atom. The quantitative estimate of drug-likeness (QED) is 0.675. The van der Waals surface area contributed by atoms with E-state index in [-0.39, 0.29) is 16.5 Å². The second kappa shape index (κ2) is 7.66. The van der Waals surface area contributed by atoms with Crippen LogP contribution in [-0.2, 0) is 14.6 Å². The molecule has 1 aromatic rings. The Hall–Kier alpha value is -0.860. The zero-order chi connectivity index (χ0) is 14.3. The van der Waals surface area contributed by atoms with E-state index in [1.165, 1.54) is 0 Å². The summed E-state index contributed by atoms with van der Waals surface area (Å²) >= 11 is 1.09. The maximum absolute atomic E-state index is 12.1. The lowest BCUT2D eigenvalue weighted by atomic mass is 10.4. The van der Waals surface area contributed by atoms with Gasteiger partial charge in [0, 0.05) is 19.8 Å². The van der Waals surface area contributed by atoms with Crippen LogP contribution in [-0.4, -0.2) is 38.3 Å². The predicted octanol–water partition coefficient (Wildman–Crippen LogP) is 1.75. The third-order valence-corrected chi connectivity index (χ3v) is 5.34. The number of aromatic nitrogens is 1. The number of rotatable bonds is 9. The molecule has 1 aromatic heterocycles. The average molecular weight is 307 g/mol. The summed E-state index contributed by atoms with van der Waals surface area (Å²) in [5.74, 6) is 0.175. The molecule has 0 aliphatic carbocycles. The predicted molar refractivity (Wildman–Crippen MR) is 78.5 cm³/mol. The number of ether oxygens (including phenoxy) is 1.